The molecule has 1 fully saturated rings. The molecule has 0 bridgehead atoms. The highest BCUT2D eigenvalue weighted by Gasteiger charge is 2.43. The molecule has 192 valence electrons. The smallest absolute Gasteiger partial charge is 0.255 e. The second kappa shape index (κ2) is 11.1. The van der Waals surface area contributed by atoms with Crippen LogP contribution >= 0.6 is 34.7 Å². The molecule has 3 aliphatic rings. The van der Waals surface area contributed by atoms with Crippen molar-refractivity contribution in [3.05, 3.63) is 67.3 Å². The molecule has 4 atom stereocenters. The number of nitrogens with one attached hydrogen (secondary N) is 2. The van der Waals surface area contributed by atoms with E-state index in [1.54, 1.807) is 16.7 Å². The highest BCUT2D eigenvalue weighted by Crippen LogP contribution is 2.44. The van der Waals surface area contributed by atoms with E-state index >= 15 is 0 Å². The quantitative estimate of drug-likeness (QED) is 0.404. The van der Waals surface area contributed by atoms with Gasteiger partial charge in [-0.3, -0.25) is 9.59 Å². The van der Waals surface area contributed by atoms with Crippen LogP contribution in [0.2, 0.25) is 5.02 Å². The summed E-state index contributed by atoms with van der Waals surface area (Å²) in [6, 6.07) is 9.58. The number of benzene rings is 1. The number of hydrogen-bond acceptors (Lipinski definition) is 7. The summed E-state index contributed by atoms with van der Waals surface area (Å²) < 4.78 is 0. The van der Waals surface area contributed by atoms with Gasteiger partial charge in [-0.1, -0.05) is 29.8 Å². The first kappa shape index (κ1) is 25.6. The van der Waals surface area contributed by atoms with Crippen molar-refractivity contribution in [2.45, 2.75) is 68.7 Å². The van der Waals surface area contributed by atoms with Crippen LogP contribution in [0.5, 0.6) is 0 Å². The van der Waals surface area contributed by atoms with Crippen molar-refractivity contribution in [1.29, 1.82) is 0 Å². The first-order chi connectivity index (χ1) is 17.4. The van der Waals surface area contributed by atoms with Gasteiger partial charge in [0.15, 0.2) is 12.2 Å². The standard InChI is InChI=1S/C26H30ClN3O4S2/c27-18-6-2-1-5-16(18)11-15-12-17(35-14-15)13-28-24(33)22(31)23(32)26(34)30-10-4-8-20(30)25-29-19-7-3-9-21(19)36-25/h1-2,5-6,12,14,20,22-23,25,29,31-32H,3-4,7-11,13H2,(H,28,33)/t20-,22-,23-,25?/m1/s1. The Morgan fingerprint density at radius 2 is 2.03 bits per heavy atom. The maximum Gasteiger partial charge on any atom is 0.255 e. The van der Waals surface area contributed by atoms with E-state index in [4.69, 9.17) is 11.6 Å². The molecule has 5 rings (SSSR count). The average molecular weight is 548 g/mol. The van der Waals surface area contributed by atoms with E-state index in [-0.39, 0.29) is 18.0 Å². The molecule has 36 heavy (non-hydrogen) atoms. The molecule has 0 spiro atoms. The van der Waals surface area contributed by atoms with E-state index in [1.807, 2.05) is 35.7 Å². The van der Waals surface area contributed by atoms with Crippen LogP contribution < -0.4 is 10.6 Å². The Balaban J connectivity index is 1.13. The number of thioether (sulfide) groups is 1. The molecule has 2 aromatic rings. The molecule has 1 aromatic carbocycles. The molecule has 2 amide bonds. The molecule has 1 unspecified atom stereocenters. The lowest BCUT2D eigenvalue weighted by molar-refractivity contribution is -0.153. The van der Waals surface area contributed by atoms with Gasteiger partial charge in [-0.05, 0) is 67.2 Å². The first-order valence-corrected chi connectivity index (χ1v) is 14.4. The van der Waals surface area contributed by atoms with Crippen LogP contribution in [-0.4, -0.2) is 57.1 Å². The van der Waals surface area contributed by atoms with Gasteiger partial charge in [-0.2, -0.15) is 0 Å². The van der Waals surface area contributed by atoms with Crippen molar-refractivity contribution in [1.82, 2.24) is 15.5 Å². The van der Waals surface area contributed by atoms with Crippen LogP contribution in [0.1, 0.15) is 48.1 Å². The Bertz CT molecular complexity index is 1150. The molecule has 1 aliphatic carbocycles. The molecule has 3 heterocycles. The largest absolute Gasteiger partial charge is 0.380 e. The number of hydrogen-bond donors (Lipinski definition) is 4. The molecule has 7 nitrogen and oxygen atoms in total. The monoisotopic (exact) mass is 547 g/mol. The molecule has 0 radical (unpaired) electrons. The minimum absolute atomic E-state index is 0.0683. The number of carbonyl (C=O) groups excluding carboxylic acids is 2. The van der Waals surface area contributed by atoms with Gasteiger partial charge in [0.25, 0.3) is 11.8 Å². The van der Waals surface area contributed by atoms with Crippen LogP contribution in [-0.2, 0) is 22.6 Å². The lowest BCUT2D eigenvalue weighted by Gasteiger charge is -2.32. The topological polar surface area (TPSA) is 102 Å². The van der Waals surface area contributed by atoms with Crippen molar-refractivity contribution in [3.8, 4) is 0 Å². The Morgan fingerprint density at radius 1 is 1.19 bits per heavy atom. The van der Waals surface area contributed by atoms with E-state index in [0.29, 0.717) is 18.0 Å². The average Bonchev–Trinajstić information content (AvgIpc) is 3.66. The minimum Gasteiger partial charge on any atom is -0.380 e. The van der Waals surface area contributed by atoms with Crippen molar-refractivity contribution in [2.75, 3.05) is 6.54 Å². The Labute approximate surface area is 223 Å². The molecule has 1 aromatic heterocycles. The fourth-order valence-electron chi connectivity index (χ4n) is 5.11. The summed E-state index contributed by atoms with van der Waals surface area (Å²) in [6.45, 7) is 0.720. The number of aliphatic hydroxyl groups is 2. The number of amides is 2. The Kier molecular flexibility index (Phi) is 7.93. The fourth-order valence-corrected chi connectivity index (χ4v) is 7.65. The summed E-state index contributed by atoms with van der Waals surface area (Å²) in [4.78, 5) is 29.5. The van der Waals surface area contributed by atoms with Crippen LogP contribution in [0.4, 0.5) is 0 Å². The summed E-state index contributed by atoms with van der Waals surface area (Å²) in [6.07, 6.45) is 2.03. The van der Waals surface area contributed by atoms with Gasteiger partial charge in [0.1, 0.15) is 0 Å². The van der Waals surface area contributed by atoms with Crippen LogP contribution in [0.25, 0.3) is 0 Å². The van der Waals surface area contributed by atoms with Gasteiger partial charge >= 0.3 is 0 Å². The molecular weight excluding hydrogens is 518 g/mol. The zero-order valence-corrected chi connectivity index (χ0v) is 22.2. The second-order valence-corrected chi connectivity index (χ2v) is 12.1. The van der Waals surface area contributed by atoms with Crippen LogP contribution in [0.3, 0.4) is 0 Å². The van der Waals surface area contributed by atoms with Gasteiger partial charge in [0.2, 0.25) is 0 Å². The SMILES string of the molecule is O=C(NCc1cc(Cc2ccccc2Cl)cs1)[C@H](O)[C@@H](O)C(=O)N1CCC[C@@H]1C1NC2=C(CCC2)S1. The number of nitrogens with zero attached hydrogens (tertiary/aromatic N) is 1. The lowest BCUT2D eigenvalue weighted by atomic mass is 10.1. The number of likely N-dealkylation sites (tertiary alicyclic amines) is 1. The molecule has 2 aliphatic heterocycles. The molecule has 0 saturated carbocycles. The lowest BCUT2D eigenvalue weighted by Crippen LogP contribution is -2.54. The number of halogens is 1. The van der Waals surface area contributed by atoms with E-state index in [1.165, 1.54) is 28.4 Å². The summed E-state index contributed by atoms with van der Waals surface area (Å²) in [5.74, 6) is -1.35. The molecular formula is C26H30ClN3O4S2. The highest BCUT2D eigenvalue weighted by molar-refractivity contribution is 8.04. The van der Waals surface area contributed by atoms with E-state index < -0.39 is 24.0 Å². The number of rotatable bonds is 8. The van der Waals surface area contributed by atoms with Crippen molar-refractivity contribution < 1.29 is 19.8 Å². The normalized spacial score (nSPS) is 22.9. The zero-order chi connectivity index (χ0) is 25.2. The van der Waals surface area contributed by atoms with Gasteiger partial charge in [-0.25, -0.2) is 0 Å². The third kappa shape index (κ3) is 5.45. The maximum atomic E-state index is 13.1. The van der Waals surface area contributed by atoms with Crippen molar-refractivity contribution in [2.24, 2.45) is 0 Å². The third-order valence-electron chi connectivity index (χ3n) is 7.00. The fraction of sp³-hybridized carbons (Fsp3) is 0.462. The summed E-state index contributed by atoms with van der Waals surface area (Å²) in [5.41, 5.74) is 3.39. The maximum absolute atomic E-state index is 13.1. The number of thiophene rings is 1. The van der Waals surface area contributed by atoms with E-state index in [9.17, 15) is 19.8 Å². The summed E-state index contributed by atoms with van der Waals surface area (Å²) >= 11 is 9.52. The predicted octanol–water partition coefficient (Wildman–Crippen LogP) is 3.38. The number of aliphatic hydroxyl groups excluding tert-OH is 2. The number of carbonyl (C=O) groups is 2. The summed E-state index contributed by atoms with van der Waals surface area (Å²) in [5, 5.41) is 30.0. The third-order valence-corrected chi connectivity index (χ3v) is 9.78. The van der Waals surface area contributed by atoms with E-state index in [0.717, 1.165) is 41.7 Å². The van der Waals surface area contributed by atoms with Crippen molar-refractivity contribution >= 4 is 46.5 Å². The van der Waals surface area contributed by atoms with Crippen LogP contribution in [0, 0.1) is 0 Å². The zero-order valence-electron chi connectivity index (χ0n) is 19.8. The highest BCUT2D eigenvalue weighted by atomic mass is 35.5. The molecule has 4 N–H and O–H groups in total. The summed E-state index contributed by atoms with van der Waals surface area (Å²) in [7, 11) is 0. The van der Waals surface area contributed by atoms with E-state index in [2.05, 4.69) is 10.6 Å². The Morgan fingerprint density at radius 3 is 2.83 bits per heavy atom. The van der Waals surface area contributed by atoms with Gasteiger partial charge in [0.05, 0.1) is 18.0 Å². The molecule has 10 heteroatoms. The Hall–Kier alpha value is -2.04. The second-order valence-electron chi connectivity index (χ2n) is 9.48. The predicted molar refractivity (Wildman–Crippen MR) is 143 cm³/mol. The van der Waals surface area contributed by atoms with Gasteiger partial charge in [-0.15, -0.1) is 23.1 Å². The number of allylic oxidation sites excluding steroid dienone is 2. The van der Waals surface area contributed by atoms with Gasteiger partial charge in [0, 0.05) is 27.0 Å². The first-order valence-electron chi connectivity index (χ1n) is 12.3. The minimum atomic E-state index is -1.83. The van der Waals surface area contributed by atoms with Gasteiger partial charge < -0.3 is 25.7 Å². The molecule has 1 saturated heterocycles. The van der Waals surface area contributed by atoms with Crippen molar-refractivity contribution in [3.63, 3.8) is 0 Å². The van der Waals surface area contributed by atoms with Crippen LogP contribution in [0.15, 0.2) is 46.3 Å².